The van der Waals surface area contributed by atoms with Crippen molar-refractivity contribution in [3.05, 3.63) is 30.1 Å². The lowest BCUT2D eigenvalue weighted by Crippen LogP contribution is -2.30. The molecule has 0 saturated carbocycles. The summed E-state index contributed by atoms with van der Waals surface area (Å²) in [6.07, 6.45) is 0.299. The van der Waals surface area contributed by atoms with Crippen molar-refractivity contribution in [3.8, 4) is 0 Å². The first-order valence-corrected chi connectivity index (χ1v) is 5.23. The topological polar surface area (TPSA) is 55.4 Å². The fourth-order valence-electron chi connectivity index (χ4n) is 1.38. The van der Waals surface area contributed by atoms with Crippen molar-refractivity contribution in [2.75, 3.05) is 12.4 Å². The lowest BCUT2D eigenvalue weighted by atomic mass is 10.1. The Morgan fingerprint density at radius 2 is 2.06 bits per heavy atom. The van der Waals surface area contributed by atoms with Gasteiger partial charge in [0, 0.05) is 0 Å². The molecule has 1 amide bonds. The molecule has 0 radical (unpaired) electrons. The number of rotatable bonds is 4. The number of para-hydroxylation sites is 1. The molecule has 0 heterocycles. The van der Waals surface area contributed by atoms with Crippen LogP contribution in [0.1, 0.15) is 13.3 Å². The van der Waals surface area contributed by atoms with E-state index in [1.165, 1.54) is 25.3 Å². The molecular formula is C12H14FNO3. The van der Waals surface area contributed by atoms with Gasteiger partial charge in [-0.2, -0.15) is 0 Å². The van der Waals surface area contributed by atoms with Gasteiger partial charge in [0.25, 0.3) is 0 Å². The van der Waals surface area contributed by atoms with Gasteiger partial charge in [-0.05, 0) is 18.6 Å². The van der Waals surface area contributed by atoms with E-state index in [4.69, 9.17) is 0 Å². The Balaban J connectivity index is 2.78. The molecule has 1 aromatic carbocycles. The van der Waals surface area contributed by atoms with Crippen LogP contribution in [0.15, 0.2) is 24.3 Å². The smallest absolute Gasteiger partial charge is 0.318 e. The fraction of sp³-hybridized carbons (Fsp3) is 0.333. The molecule has 1 aromatic rings. The lowest BCUT2D eigenvalue weighted by Gasteiger charge is -2.12. The van der Waals surface area contributed by atoms with E-state index < -0.39 is 23.6 Å². The number of anilines is 1. The van der Waals surface area contributed by atoms with E-state index in [0.29, 0.717) is 6.42 Å². The normalized spacial score (nSPS) is 11.7. The fourth-order valence-corrected chi connectivity index (χ4v) is 1.38. The van der Waals surface area contributed by atoms with E-state index in [9.17, 15) is 14.0 Å². The number of halogens is 1. The van der Waals surface area contributed by atoms with Crippen molar-refractivity contribution in [1.29, 1.82) is 0 Å². The maximum atomic E-state index is 13.3. The van der Waals surface area contributed by atoms with Crippen LogP contribution in [0.4, 0.5) is 10.1 Å². The molecule has 1 atom stereocenters. The number of benzene rings is 1. The molecule has 0 aliphatic heterocycles. The molecule has 5 heteroatoms. The highest BCUT2D eigenvalue weighted by atomic mass is 19.1. The summed E-state index contributed by atoms with van der Waals surface area (Å²) >= 11 is 0. The first kappa shape index (κ1) is 13.2. The van der Waals surface area contributed by atoms with Crippen molar-refractivity contribution in [2.45, 2.75) is 13.3 Å². The first-order chi connectivity index (χ1) is 8.10. The summed E-state index contributed by atoms with van der Waals surface area (Å²) in [4.78, 5) is 23.0. The third-order valence-corrected chi connectivity index (χ3v) is 2.34. The predicted molar refractivity (Wildman–Crippen MR) is 60.8 cm³/mol. The third kappa shape index (κ3) is 3.27. The number of amides is 1. The number of ether oxygens (including phenoxy) is 1. The van der Waals surface area contributed by atoms with Crippen LogP contribution in [-0.2, 0) is 14.3 Å². The van der Waals surface area contributed by atoms with Crippen LogP contribution in [0.5, 0.6) is 0 Å². The van der Waals surface area contributed by atoms with Crippen LogP contribution in [0.3, 0.4) is 0 Å². The highest BCUT2D eigenvalue weighted by Crippen LogP contribution is 2.15. The van der Waals surface area contributed by atoms with Crippen molar-refractivity contribution < 1.29 is 18.7 Å². The summed E-state index contributed by atoms with van der Waals surface area (Å²) < 4.78 is 17.8. The molecule has 92 valence electrons. The summed E-state index contributed by atoms with van der Waals surface area (Å²) in [5, 5.41) is 2.36. The summed E-state index contributed by atoms with van der Waals surface area (Å²) in [5.74, 6) is -2.65. The molecule has 0 aliphatic rings. The number of nitrogens with one attached hydrogen (secondary N) is 1. The van der Waals surface area contributed by atoms with Gasteiger partial charge in [-0.25, -0.2) is 4.39 Å². The summed E-state index contributed by atoms with van der Waals surface area (Å²) in [5.41, 5.74) is 0.0554. The van der Waals surface area contributed by atoms with E-state index in [-0.39, 0.29) is 5.69 Å². The number of carbonyl (C=O) groups is 2. The van der Waals surface area contributed by atoms with Crippen molar-refractivity contribution >= 4 is 17.6 Å². The van der Waals surface area contributed by atoms with Gasteiger partial charge in [0.15, 0.2) is 0 Å². The van der Waals surface area contributed by atoms with Gasteiger partial charge in [-0.3, -0.25) is 9.59 Å². The van der Waals surface area contributed by atoms with E-state index >= 15 is 0 Å². The molecule has 0 spiro atoms. The summed E-state index contributed by atoms with van der Waals surface area (Å²) in [6, 6.07) is 5.77. The van der Waals surface area contributed by atoms with Gasteiger partial charge < -0.3 is 10.1 Å². The molecule has 1 rings (SSSR count). The molecular weight excluding hydrogens is 225 g/mol. The van der Waals surface area contributed by atoms with Gasteiger partial charge in [0.05, 0.1) is 12.8 Å². The average molecular weight is 239 g/mol. The van der Waals surface area contributed by atoms with Gasteiger partial charge in [-0.1, -0.05) is 19.1 Å². The second-order valence-electron chi connectivity index (χ2n) is 3.45. The Morgan fingerprint density at radius 1 is 1.41 bits per heavy atom. The molecule has 17 heavy (non-hydrogen) atoms. The molecule has 0 aliphatic carbocycles. The zero-order chi connectivity index (χ0) is 12.8. The first-order valence-electron chi connectivity index (χ1n) is 5.23. The van der Waals surface area contributed by atoms with Crippen LogP contribution in [0.25, 0.3) is 0 Å². The molecule has 0 saturated heterocycles. The summed E-state index contributed by atoms with van der Waals surface area (Å²) in [7, 11) is 1.21. The predicted octanol–water partition coefficient (Wildman–Crippen LogP) is 1.96. The Hall–Kier alpha value is -1.91. The van der Waals surface area contributed by atoms with E-state index in [1.54, 1.807) is 13.0 Å². The minimum atomic E-state index is -0.917. The Bertz CT molecular complexity index is 420. The second-order valence-corrected chi connectivity index (χ2v) is 3.45. The minimum absolute atomic E-state index is 0.0554. The zero-order valence-corrected chi connectivity index (χ0v) is 9.70. The highest BCUT2D eigenvalue weighted by molar-refractivity contribution is 6.04. The molecule has 0 bridgehead atoms. The lowest BCUT2D eigenvalue weighted by molar-refractivity contribution is -0.148. The maximum absolute atomic E-state index is 13.3. The number of esters is 1. The standard InChI is InChI=1S/C12H14FNO3/c1-3-8(12(16)17-2)11(15)14-10-7-5-4-6-9(10)13/h4-8H,3H2,1-2H3,(H,14,15). The van der Waals surface area contributed by atoms with E-state index in [1.807, 2.05) is 0 Å². The van der Waals surface area contributed by atoms with Gasteiger partial charge in [0.2, 0.25) is 5.91 Å². The number of methoxy groups -OCH3 is 1. The van der Waals surface area contributed by atoms with Gasteiger partial charge >= 0.3 is 5.97 Å². The molecule has 0 aromatic heterocycles. The molecule has 4 nitrogen and oxygen atoms in total. The number of carbonyl (C=O) groups excluding carboxylic acids is 2. The van der Waals surface area contributed by atoms with Crippen LogP contribution >= 0.6 is 0 Å². The average Bonchev–Trinajstić information content (AvgIpc) is 2.32. The van der Waals surface area contributed by atoms with E-state index in [2.05, 4.69) is 10.1 Å². The van der Waals surface area contributed by atoms with Crippen LogP contribution in [0.2, 0.25) is 0 Å². The van der Waals surface area contributed by atoms with Crippen LogP contribution < -0.4 is 5.32 Å². The Labute approximate surface area is 98.8 Å². The largest absolute Gasteiger partial charge is 0.468 e. The molecule has 1 unspecified atom stereocenters. The van der Waals surface area contributed by atoms with Crippen molar-refractivity contribution in [2.24, 2.45) is 5.92 Å². The number of hydrogen-bond donors (Lipinski definition) is 1. The van der Waals surface area contributed by atoms with Crippen molar-refractivity contribution in [3.63, 3.8) is 0 Å². The van der Waals surface area contributed by atoms with E-state index in [0.717, 1.165) is 0 Å². The zero-order valence-electron chi connectivity index (χ0n) is 9.70. The molecule has 0 fully saturated rings. The summed E-state index contributed by atoms with van der Waals surface area (Å²) in [6.45, 7) is 1.68. The Kier molecular flexibility index (Phi) is 4.63. The minimum Gasteiger partial charge on any atom is -0.468 e. The SMILES string of the molecule is CCC(C(=O)Nc1ccccc1F)C(=O)OC. The van der Waals surface area contributed by atoms with Gasteiger partial charge in [0.1, 0.15) is 11.7 Å². The quantitative estimate of drug-likeness (QED) is 0.645. The van der Waals surface area contributed by atoms with Crippen LogP contribution in [-0.4, -0.2) is 19.0 Å². The Morgan fingerprint density at radius 3 is 2.59 bits per heavy atom. The maximum Gasteiger partial charge on any atom is 0.318 e. The second kappa shape index (κ2) is 5.98. The monoisotopic (exact) mass is 239 g/mol. The third-order valence-electron chi connectivity index (χ3n) is 2.34. The van der Waals surface area contributed by atoms with Gasteiger partial charge in [-0.15, -0.1) is 0 Å². The van der Waals surface area contributed by atoms with Crippen LogP contribution in [0, 0.1) is 11.7 Å². The molecule has 1 N–H and O–H groups in total. The van der Waals surface area contributed by atoms with Crippen molar-refractivity contribution in [1.82, 2.24) is 0 Å². The highest BCUT2D eigenvalue weighted by Gasteiger charge is 2.26. The number of hydrogen-bond acceptors (Lipinski definition) is 3.